The molecule has 1 nitrogen and oxygen atoms in total. The molecule has 1 aromatic heterocycles. The Balaban J connectivity index is 1.92. The number of hydrogen-bond donors (Lipinski definition) is 1. The molecule has 1 N–H and O–H groups in total. The maximum Gasteiger partial charge on any atom is 0.181 e. The topological polar surface area (TPSA) is 12.0 Å². The molecule has 84 valence electrons. The van der Waals surface area contributed by atoms with E-state index in [0.29, 0.717) is 6.54 Å². The van der Waals surface area contributed by atoms with Gasteiger partial charge in [-0.15, -0.1) is 0 Å². The standard InChI is InChI=1S/C12H11F2NS/c13-10-2-1-3-11(12(10)14)15-6-4-9-5-7-16-8-9/h1-3,5,7-8,15H,4,6H2. The van der Waals surface area contributed by atoms with Gasteiger partial charge in [-0.1, -0.05) is 6.07 Å². The van der Waals surface area contributed by atoms with E-state index in [1.807, 2.05) is 16.8 Å². The van der Waals surface area contributed by atoms with E-state index in [1.54, 1.807) is 11.3 Å². The van der Waals surface area contributed by atoms with Crippen molar-refractivity contribution in [3.8, 4) is 0 Å². The largest absolute Gasteiger partial charge is 0.382 e. The van der Waals surface area contributed by atoms with Crippen molar-refractivity contribution in [2.24, 2.45) is 0 Å². The molecule has 2 rings (SSSR count). The van der Waals surface area contributed by atoms with Gasteiger partial charge in [-0.25, -0.2) is 8.78 Å². The zero-order chi connectivity index (χ0) is 11.4. The van der Waals surface area contributed by atoms with Crippen molar-refractivity contribution in [3.63, 3.8) is 0 Å². The lowest BCUT2D eigenvalue weighted by atomic mass is 10.2. The van der Waals surface area contributed by atoms with E-state index in [4.69, 9.17) is 0 Å². The molecule has 1 heterocycles. The number of benzene rings is 1. The van der Waals surface area contributed by atoms with E-state index in [1.165, 1.54) is 17.7 Å². The summed E-state index contributed by atoms with van der Waals surface area (Å²) in [6.07, 6.45) is 0.805. The summed E-state index contributed by atoms with van der Waals surface area (Å²) in [6, 6.07) is 6.16. The third kappa shape index (κ3) is 2.58. The Kier molecular flexibility index (Phi) is 3.51. The molecular weight excluding hydrogens is 228 g/mol. The lowest BCUT2D eigenvalue weighted by molar-refractivity contribution is 0.511. The molecule has 0 saturated carbocycles. The summed E-state index contributed by atoms with van der Waals surface area (Å²) in [7, 11) is 0. The second-order valence-corrected chi connectivity index (χ2v) is 4.19. The van der Waals surface area contributed by atoms with Gasteiger partial charge < -0.3 is 5.32 Å². The van der Waals surface area contributed by atoms with Crippen LogP contribution in [0.3, 0.4) is 0 Å². The number of anilines is 1. The number of nitrogens with one attached hydrogen (secondary N) is 1. The zero-order valence-electron chi connectivity index (χ0n) is 8.54. The Morgan fingerprint density at radius 1 is 1.19 bits per heavy atom. The molecule has 1 aromatic carbocycles. The lowest BCUT2D eigenvalue weighted by Gasteiger charge is -2.06. The van der Waals surface area contributed by atoms with Gasteiger partial charge in [0, 0.05) is 6.54 Å². The summed E-state index contributed by atoms with van der Waals surface area (Å²) in [5.41, 5.74) is 1.42. The molecule has 0 bridgehead atoms. The first-order chi connectivity index (χ1) is 7.77. The van der Waals surface area contributed by atoms with Crippen LogP contribution in [0.2, 0.25) is 0 Å². The Morgan fingerprint density at radius 3 is 2.81 bits per heavy atom. The van der Waals surface area contributed by atoms with Crippen LogP contribution < -0.4 is 5.32 Å². The van der Waals surface area contributed by atoms with Gasteiger partial charge >= 0.3 is 0 Å². The number of thiophene rings is 1. The smallest absolute Gasteiger partial charge is 0.181 e. The van der Waals surface area contributed by atoms with Crippen LogP contribution in [0.25, 0.3) is 0 Å². The van der Waals surface area contributed by atoms with Gasteiger partial charge in [-0.3, -0.25) is 0 Å². The minimum atomic E-state index is -0.819. The van der Waals surface area contributed by atoms with E-state index >= 15 is 0 Å². The van der Waals surface area contributed by atoms with E-state index in [-0.39, 0.29) is 5.69 Å². The molecule has 2 aromatic rings. The van der Waals surface area contributed by atoms with Gasteiger partial charge in [0.2, 0.25) is 0 Å². The molecular formula is C12H11F2NS. The van der Waals surface area contributed by atoms with Crippen molar-refractivity contribution in [1.29, 1.82) is 0 Å². The van der Waals surface area contributed by atoms with Crippen molar-refractivity contribution < 1.29 is 8.78 Å². The average molecular weight is 239 g/mol. The van der Waals surface area contributed by atoms with Crippen LogP contribution in [0, 0.1) is 11.6 Å². The van der Waals surface area contributed by atoms with Crippen molar-refractivity contribution in [1.82, 2.24) is 0 Å². The number of hydrogen-bond acceptors (Lipinski definition) is 2. The van der Waals surface area contributed by atoms with E-state index in [2.05, 4.69) is 5.32 Å². The highest BCUT2D eigenvalue weighted by Crippen LogP contribution is 2.16. The molecule has 0 radical (unpaired) electrons. The van der Waals surface area contributed by atoms with Crippen LogP contribution in [0.4, 0.5) is 14.5 Å². The van der Waals surface area contributed by atoms with Crippen molar-refractivity contribution >= 4 is 17.0 Å². The molecule has 16 heavy (non-hydrogen) atoms. The zero-order valence-corrected chi connectivity index (χ0v) is 9.36. The molecule has 4 heteroatoms. The van der Waals surface area contributed by atoms with Crippen molar-refractivity contribution in [2.45, 2.75) is 6.42 Å². The highest BCUT2D eigenvalue weighted by Gasteiger charge is 2.06. The maximum atomic E-state index is 13.2. The lowest BCUT2D eigenvalue weighted by Crippen LogP contribution is -2.06. The normalized spacial score (nSPS) is 10.4. The average Bonchev–Trinajstić information content (AvgIpc) is 2.77. The maximum absolute atomic E-state index is 13.2. The van der Waals surface area contributed by atoms with Crippen LogP contribution in [0.5, 0.6) is 0 Å². The Morgan fingerprint density at radius 2 is 2.06 bits per heavy atom. The predicted molar refractivity (Wildman–Crippen MR) is 62.9 cm³/mol. The molecule has 0 saturated heterocycles. The minimum absolute atomic E-state index is 0.218. The second kappa shape index (κ2) is 5.07. The van der Waals surface area contributed by atoms with Gasteiger partial charge in [0.25, 0.3) is 0 Å². The van der Waals surface area contributed by atoms with Crippen LogP contribution >= 0.6 is 11.3 Å². The predicted octanol–water partition coefficient (Wildman–Crippen LogP) is 3.68. The highest BCUT2D eigenvalue weighted by molar-refractivity contribution is 7.07. The Hall–Kier alpha value is -1.42. The summed E-state index contributed by atoms with van der Waals surface area (Å²) in [4.78, 5) is 0. The first kappa shape index (κ1) is 11.1. The fourth-order valence-electron chi connectivity index (χ4n) is 1.42. The van der Waals surface area contributed by atoms with Crippen LogP contribution in [-0.2, 0) is 6.42 Å². The van der Waals surface area contributed by atoms with Crippen molar-refractivity contribution in [3.05, 3.63) is 52.2 Å². The first-order valence-electron chi connectivity index (χ1n) is 4.96. The third-order valence-electron chi connectivity index (χ3n) is 2.26. The summed E-state index contributed by atoms with van der Waals surface area (Å²) in [5, 5.41) is 6.93. The molecule has 0 atom stereocenters. The van der Waals surface area contributed by atoms with E-state index in [0.717, 1.165) is 12.5 Å². The molecule has 0 aliphatic heterocycles. The molecule has 0 aliphatic rings. The van der Waals surface area contributed by atoms with Crippen molar-refractivity contribution in [2.75, 3.05) is 11.9 Å². The SMILES string of the molecule is Fc1cccc(NCCc2ccsc2)c1F. The van der Waals surface area contributed by atoms with Gasteiger partial charge in [-0.05, 0) is 40.9 Å². The molecule has 0 aliphatic carbocycles. The van der Waals surface area contributed by atoms with Gasteiger partial charge in [0.1, 0.15) is 0 Å². The fourth-order valence-corrected chi connectivity index (χ4v) is 2.12. The molecule has 0 unspecified atom stereocenters. The summed E-state index contributed by atoms with van der Waals surface area (Å²) in [5.74, 6) is -1.63. The van der Waals surface area contributed by atoms with Crippen LogP contribution in [-0.4, -0.2) is 6.54 Å². The van der Waals surface area contributed by atoms with E-state index in [9.17, 15) is 8.78 Å². The highest BCUT2D eigenvalue weighted by atomic mass is 32.1. The molecule has 0 spiro atoms. The fraction of sp³-hybridized carbons (Fsp3) is 0.167. The monoisotopic (exact) mass is 239 g/mol. The summed E-state index contributed by atoms with van der Waals surface area (Å²) in [6.45, 7) is 0.594. The molecule has 0 fully saturated rings. The van der Waals surface area contributed by atoms with Crippen LogP contribution in [0.1, 0.15) is 5.56 Å². The first-order valence-corrected chi connectivity index (χ1v) is 5.90. The second-order valence-electron chi connectivity index (χ2n) is 3.41. The van der Waals surface area contributed by atoms with E-state index < -0.39 is 11.6 Å². The molecule has 0 amide bonds. The minimum Gasteiger partial charge on any atom is -0.382 e. The third-order valence-corrected chi connectivity index (χ3v) is 2.99. The Labute approximate surface area is 96.7 Å². The van der Waals surface area contributed by atoms with Crippen LogP contribution in [0.15, 0.2) is 35.0 Å². The van der Waals surface area contributed by atoms with Gasteiger partial charge in [0.15, 0.2) is 11.6 Å². The summed E-state index contributed by atoms with van der Waals surface area (Å²) >= 11 is 1.63. The number of rotatable bonds is 4. The van der Waals surface area contributed by atoms with Gasteiger partial charge in [0.05, 0.1) is 5.69 Å². The van der Waals surface area contributed by atoms with Gasteiger partial charge in [-0.2, -0.15) is 11.3 Å². The Bertz CT molecular complexity index is 454. The quantitative estimate of drug-likeness (QED) is 0.858. The summed E-state index contributed by atoms with van der Waals surface area (Å²) < 4.78 is 26.1. The number of halogens is 2.